The van der Waals surface area contributed by atoms with Crippen molar-refractivity contribution in [2.24, 2.45) is 0 Å². The Hall–Kier alpha value is -0.550. The van der Waals surface area contributed by atoms with Crippen LogP contribution in [0.25, 0.3) is 0 Å². The summed E-state index contributed by atoms with van der Waals surface area (Å²) in [4.78, 5) is 0. The van der Waals surface area contributed by atoms with Crippen LogP contribution in [0.2, 0.25) is 5.22 Å². The minimum atomic E-state index is 0.443. The molecule has 0 spiro atoms. The molecule has 1 heterocycles. The van der Waals surface area contributed by atoms with Gasteiger partial charge in [-0.25, -0.2) is 0 Å². The summed E-state index contributed by atoms with van der Waals surface area (Å²) in [6.45, 7) is 4.35. The van der Waals surface area contributed by atoms with Crippen molar-refractivity contribution in [3.63, 3.8) is 0 Å². The van der Waals surface area contributed by atoms with E-state index in [1.807, 2.05) is 6.07 Å². The molecule has 1 rings (SSSR count). The smallest absolute Gasteiger partial charge is 0.193 e. The number of nitrogens with one attached hydrogen (secondary N) is 2. The molecule has 0 atom stereocenters. The van der Waals surface area contributed by atoms with Crippen LogP contribution < -0.4 is 10.6 Å². The Balaban J connectivity index is 1.88. The average Bonchev–Trinajstić information content (AvgIpc) is 2.68. The van der Waals surface area contributed by atoms with Gasteiger partial charge in [0.2, 0.25) is 0 Å². The molecule has 1 aromatic rings. The van der Waals surface area contributed by atoms with Crippen LogP contribution in [0.3, 0.4) is 0 Å². The molecule has 0 radical (unpaired) electrons. The molecule has 0 unspecified atom stereocenters. The number of ether oxygens (including phenoxy) is 1. The highest BCUT2D eigenvalue weighted by Gasteiger charge is 1.98. The molecule has 0 aliphatic heterocycles. The van der Waals surface area contributed by atoms with Gasteiger partial charge in [0, 0.05) is 13.7 Å². The molecule has 1 aromatic heterocycles. The first kappa shape index (κ1) is 13.5. The Labute approximate surface area is 101 Å². The molecule has 0 aliphatic carbocycles. The van der Waals surface area contributed by atoms with Crippen LogP contribution in [0.5, 0.6) is 0 Å². The van der Waals surface area contributed by atoms with E-state index in [-0.39, 0.29) is 0 Å². The fraction of sp³-hybridized carbons (Fsp3) is 0.636. The van der Waals surface area contributed by atoms with Gasteiger partial charge in [-0.1, -0.05) is 0 Å². The second kappa shape index (κ2) is 8.58. The third kappa shape index (κ3) is 6.12. The van der Waals surface area contributed by atoms with E-state index in [1.165, 1.54) is 0 Å². The van der Waals surface area contributed by atoms with Gasteiger partial charge in [0.1, 0.15) is 5.76 Å². The first-order valence-corrected chi connectivity index (χ1v) is 5.85. The molecule has 4 nitrogen and oxygen atoms in total. The van der Waals surface area contributed by atoms with Crippen LogP contribution in [-0.2, 0) is 11.3 Å². The maximum Gasteiger partial charge on any atom is 0.193 e. The molecular weight excluding hydrogens is 228 g/mol. The van der Waals surface area contributed by atoms with Crippen molar-refractivity contribution in [3.05, 3.63) is 23.1 Å². The minimum Gasteiger partial charge on any atom is -0.448 e. The summed E-state index contributed by atoms with van der Waals surface area (Å²) in [5.74, 6) is 0.873. The summed E-state index contributed by atoms with van der Waals surface area (Å²) in [5, 5.41) is 7.00. The summed E-state index contributed by atoms with van der Waals surface area (Å²) in [5.41, 5.74) is 0. The van der Waals surface area contributed by atoms with E-state index < -0.39 is 0 Å². The number of hydrogen-bond donors (Lipinski definition) is 2. The SMILES string of the molecule is COCCNCCCNCc1ccc(Cl)o1. The molecule has 92 valence electrons. The van der Waals surface area contributed by atoms with Gasteiger partial charge in [-0.15, -0.1) is 0 Å². The molecule has 0 amide bonds. The maximum absolute atomic E-state index is 5.66. The van der Waals surface area contributed by atoms with Crippen molar-refractivity contribution >= 4 is 11.6 Å². The zero-order valence-electron chi connectivity index (χ0n) is 9.59. The normalized spacial score (nSPS) is 10.9. The van der Waals surface area contributed by atoms with Crippen molar-refractivity contribution in [2.75, 3.05) is 33.4 Å². The molecule has 0 aliphatic rings. The quantitative estimate of drug-likeness (QED) is 0.651. The van der Waals surface area contributed by atoms with E-state index in [0.717, 1.165) is 45.0 Å². The minimum absolute atomic E-state index is 0.443. The Morgan fingerprint density at radius 3 is 2.75 bits per heavy atom. The molecule has 5 heteroatoms. The van der Waals surface area contributed by atoms with Gasteiger partial charge in [0.25, 0.3) is 0 Å². The molecule has 0 aromatic carbocycles. The fourth-order valence-electron chi connectivity index (χ4n) is 1.30. The van der Waals surface area contributed by atoms with Crippen LogP contribution in [0.4, 0.5) is 0 Å². The highest BCUT2D eigenvalue weighted by molar-refractivity contribution is 6.28. The topological polar surface area (TPSA) is 46.4 Å². The van der Waals surface area contributed by atoms with Crippen LogP contribution >= 0.6 is 11.6 Å². The molecule has 0 saturated carbocycles. The zero-order chi connectivity index (χ0) is 11.6. The van der Waals surface area contributed by atoms with E-state index in [4.69, 9.17) is 20.8 Å². The van der Waals surface area contributed by atoms with Gasteiger partial charge in [0.15, 0.2) is 5.22 Å². The van der Waals surface area contributed by atoms with Crippen molar-refractivity contribution in [2.45, 2.75) is 13.0 Å². The second-order valence-corrected chi connectivity index (χ2v) is 3.85. The fourth-order valence-corrected chi connectivity index (χ4v) is 1.46. The highest BCUT2D eigenvalue weighted by Crippen LogP contribution is 2.12. The summed E-state index contributed by atoms with van der Waals surface area (Å²) in [7, 11) is 1.71. The van der Waals surface area contributed by atoms with Crippen LogP contribution in [0, 0.1) is 0 Å². The Morgan fingerprint density at radius 1 is 1.25 bits per heavy atom. The van der Waals surface area contributed by atoms with Gasteiger partial charge in [-0.3, -0.25) is 0 Å². The van der Waals surface area contributed by atoms with Gasteiger partial charge < -0.3 is 19.8 Å². The monoisotopic (exact) mass is 246 g/mol. The number of halogens is 1. The zero-order valence-corrected chi connectivity index (χ0v) is 10.3. The van der Waals surface area contributed by atoms with Crippen LogP contribution in [0.15, 0.2) is 16.5 Å². The Kier molecular flexibility index (Phi) is 7.25. The lowest BCUT2D eigenvalue weighted by molar-refractivity contribution is 0.199. The molecule has 0 fully saturated rings. The summed E-state index contributed by atoms with van der Waals surface area (Å²) >= 11 is 5.66. The second-order valence-electron chi connectivity index (χ2n) is 3.48. The number of rotatable bonds is 9. The highest BCUT2D eigenvalue weighted by atomic mass is 35.5. The molecule has 0 bridgehead atoms. The van der Waals surface area contributed by atoms with Crippen LogP contribution in [-0.4, -0.2) is 33.4 Å². The molecular formula is C11H19ClN2O2. The Bertz CT molecular complexity index is 279. The largest absolute Gasteiger partial charge is 0.448 e. The number of furan rings is 1. The van der Waals surface area contributed by atoms with E-state index in [2.05, 4.69) is 10.6 Å². The number of hydrogen-bond acceptors (Lipinski definition) is 4. The maximum atomic E-state index is 5.66. The van der Waals surface area contributed by atoms with Crippen LogP contribution in [0.1, 0.15) is 12.2 Å². The van der Waals surface area contributed by atoms with Crippen molar-refractivity contribution < 1.29 is 9.15 Å². The molecule has 0 saturated heterocycles. The third-order valence-corrected chi connectivity index (χ3v) is 2.32. The first-order chi connectivity index (χ1) is 7.83. The van der Waals surface area contributed by atoms with E-state index in [1.54, 1.807) is 13.2 Å². The third-order valence-electron chi connectivity index (χ3n) is 2.12. The van der Waals surface area contributed by atoms with E-state index >= 15 is 0 Å². The number of methoxy groups -OCH3 is 1. The first-order valence-electron chi connectivity index (χ1n) is 5.47. The van der Waals surface area contributed by atoms with Crippen molar-refractivity contribution in [1.29, 1.82) is 0 Å². The summed E-state index contributed by atoms with van der Waals surface area (Å²) in [6, 6.07) is 3.64. The summed E-state index contributed by atoms with van der Waals surface area (Å²) in [6.07, 6.45) is 1.08. The lowest BCUT2D eigenvalue weighted by Crippen LogP contribution is -2.24. The van der Waals surface area contributed by atoms with Crippen molar-refractivity contribution in [3.8, 4) is 0 Å². The van der Waals surface area contributed by atoms with Gasteiger partial charge in [0.05, 0.1) is 13.2 Å². The van der Waals surface area contributed by atoms with E-state index in [9.17, 15) is 0 Å². The molecule has 16 heavy (non-hydrogen) atoms. The van der Waals surface area contributed by atoms with Gasteiger partial charge >= 0.3 is 0 Å². The lowest BCUT2D eigenvalue weighted by atomic mass is 10.4. The standard InChI is InChI=1S/C11H19ClN2O2/c1-15-8-7-13-5-2-6-14-9-10-3-4-11(12)16-10/h3-4,13-14H,2,5-9H2,1H3. The van der Waals surface area contributed by atoms with Crippen molar-refractivity contribution in [1.82, 2.24) is 10.6 Å². The predicted octanol–water partition coefficient (Wildman–Crippen LogP) is 1.65. The van der Waals surface area contributed by atoms with Gasteiger partial charge in [-0.05, 0) is 43.2 Å². The lowest BCUT2D eigenvalue weighted by Gasteiger charge is -2.04. The average molecular weight is 247 g/mol. The van der Waals surface area contributed by atoms with E-state index in [0.29, 0.717) is 5.22 Å². The summed E-state index contributed by atoms with van der Waals surface area (Å²) < 4.78 is 10.1. The predicted molar refractivity (Wildman–Crippen MR) is 64.8 cm³/mol. The Morgan fingerprint density at radius 2 is 2.06 bits per heavy atom. The molecule has 2 N–H and O–H groups in total. The van der Waals surface area contributed by atoms with Gasteiger partial charge in [-0.2, -0.15) is 0 Å².